The van der Waals surface area contributed by atoms with Gasteiger partial charge in [0.05, 0.1) is 15.5 Å². The van der Waals surface area contributed by atoms with E-state index in [1.54, 1.807) is 10.8 Å². The number of hydrogen-bond donors (Lipinski definition) is 0. The second-order valence-corrected chi connectivity index (χ2v) is 5.98. The average Bonchev–Trinajstić information content (AvgIpc) is 2.63. The lowest BCUT2D eigenvalue weighted by molar-refractivity contribution is 0.801. The van der Waals surface area contributed by atoms with Gasteiger partial charge in [0.2, 0.25) is 0 Å². The summed E-state index contributed by atoms with van der Waals surface area (Å²) in [6, 6.07) is 0. The van der Waals surface area contributed by atoms with Crippen molar-refractivity contribution in [1.82, 2.24) is 19.5 Å². The molecule has 0 saturated carbocycles. The van der Waals surface area contributed by atoms with Crippen molar-refractivity contribution in [3.05, 3.63) is 25.8 Å². The quantitative estimate of drug-likeness (QED) is 0.570. The predicted molar refractivity (Wildman–Crippen MR) is 81.1 cm³/mol. The van der Waals surface area contributed by atoms with Crippen LogP contribution in [0.25, 0.3) is 11.6 Å². The lowest BCUT2D eigenvalue weighted by Crippen LogP contribution is -2.05. The molecule has 0 aliphatic carbocycles. The maximum Gasteiger partial charge on any atom is 0.197 e. The highest BCUT2D eigenvalue weighted by molar-refractivity contribution is 14.1. The summed E-state index contributed by atoms with van der Waals surface area (Å²) in [5, 5.41) is 0.984. The number of nitrogens with zero attached hydrogens (tertiary/aromatic N) is 4. The van der Waals surface area contributed by atoms with Gasteiger partial charge in [-0.3, -0.25) is 0 Å². The van der Waals surface area contributed by atoms with E-state index in [-0.39, 0.29) is 5.92 Å². The maximum atomic E-state index is 6.14. The fourth-order valence-electron chi connectivity index (χ4n) is 1.51. The number of halogens is 3. The summed E-state index contributed by atoms with van der Waals surface area (Å²) in [5.41, 5.74) is 0.921. The van der Waals surface area contributed by atoms with Gasteiger partial charge in [0.25, 0.3) is 0 Å². The normalized spacial score (nSPS) is 11.3. The number of imidazole rings is 1. The predicted octanol–water partition coefficient (Wildman–Crippen LogP) is 3.91. The molecule has 0 N–H and O–H groups in total. The van der Waals surface area contributed by atoms with Crippen molar-refractivity contribution in [3.8, 4) is 11.6 Å². The van der Waals surface area contributed by atoms with E-state index >= 15 is 0 Å². The molecule has 2 aromatic heterocycles. The Morgan fingerprint density at radius 1 is 1.28 bits per heavy atom. The fraction of sp³-hybridized carbons (Fsp3) is 0.364. The van der Waals surface area contributed by atoms with Gasteiger partial charge in [0.15, 0.2) is 11.6 Å². The molecule has 18 heavy (non-hydrogen) atoms. The van der Waals surface area contributed by atoms with Crippen molar-refractivity contribution in [2.24, 2.45) is 7.05 Å². The lowest BCUT2D eigenvalue weighted by Gasteiger charge is -2.10. The molecule has 0 aliphatic heterocycles. The molecule has 0 radical (unpaired) electrons. The molecule has 7 heteroatoms. The highest BCUT2D eigenvalue weighted by Gasteiger charge is 2.17. The van der Waals surface area contributed by atoms with Gasteiger partial charge in [0, 0.05) is 7.05 Å². The Kier molecular flexibility index (Phi) is 4.13. The van der Waals surface area contributed by atoms with Crippen LogP contribution < -0.4 is 0 Å². The minimum atomic E-state index is 0.270. The molecule has 0 aromatic carbocycles. The van der Waals surface area contributed by atoms with Crippen LogP contribution in [-0.2, 0) is 7.05 Å². The zero-order valence-corrected chi connectivity index (χ0v) is 13.7. The van der Waals surface area contributed by atoms with Gasteiger partial charge in [-0.15, -0.1) is 0 Å². The second kappa shape index (κ2) is 5.30. The summed E-state index contributed by atoms with van der Waals surface area (Å²) in [4.78, 5) is 13.0. The monoisotopic (exact) mass is 396 g/mol. The zero-order chi connectivity index (χ0) is 13.4. The molecule has 0 spiro atoms. The summed E-state index contributed by atoms with van der Waals surface area (Å²) in [5.74, 6) is 1.38. The van der Waals surface area contributed by atoms with Gasteiger partial charge in [-0.05, 0) is 28.5 Å². The number of aromatic nitrogens is 4. The Morgan fingerprint density at radius 2 is 1.94 bits per heavy atom. The molecule has 96 valence electrons. The van der Waals surface area contributed by atoms with Crippen LogP contribution in [0.15, 0.2) is 6.20 Å². The Balaban J connectivity index is 2.63. The van der Waals surface area contributed by atoms with Crippen molar-refractivity contribution < 1.29 is 0 Å². The first-order valence-electron chi connectivity index (χ1n) is 5.32. The largest absolute Gasteiger partial charge is 0.316 e. The van der Waals surface area contributed by atoms with Crippen molar-refractivity contribution >= 4 is 45.8 Å². The summed E-state index contributed by atoms with van der Waals surface area (Å²) in [7, 11) is 1.81. The summed E-state index contributed by atoms with van der Waals surface area (Å²) in [6.45, 7) is 4.13. The van der Waals surface area contributed by atoms with E-state index < -0.39 is 0 Å². The minimum Gasteiger partial charge on any atom is -0.316 e. The molecule has 0 amide bonds. The first-order valence-corrected chi connectivity index (χ1v) is 7.15. The average molecular weight is 397 g/mol. The number of rotatable bonds is 2. The summed E-state index contributed by atoms with van der Waals surface area (Å²) < 4.78 is 2.61. The fourth-order valence-corrected chi connectivity index (χ4v) is 2.68. The van der Waals surface area contributed by atoms with Gasteiger partial charge in [-0.2, -0.15) is 0 Å². The Hall–Kier alpha value is -0.400. The zero-order valence-electron chi connectivity index (χ0n) is 10.1. The third-order valence-electron chi connectivity index (χ3n) is 2.51. The van der Waals surface area contributed by atoms with Gasteiger partial charge < -0.3 is 4.57 Å². The van der Waals surface area contributed by atoms with Crippen molar-refractivity contribution in [2.75, 3.05) is 0 Å². The molecular weight excluding hydrogens is 386 g/mol. The van der Waals surface area contributed by atoms with Crippen molar-refractivity contribution in [2.45, 2.75) is 19.8 Å². The molecular formula is C11H11Cl2IN4. The Bertz CT molecular complexity index is 595. The van der Waals surface area contributed by atoms with Crippen molar-refractivity contribution in [1.29, 1.82) is 0 Å². The Labute approximate surface area is 129 Å². The lowest BCUT2D eigenvalue weighted by atomic mass is 10.1. The van der Waals surface area contributed by atoms with E-state index in [4.69, 9.17) is 23.2 Å². The molecule has 0 saturated heterocycles. The highest BCUT2D eigenvalue weighted by atomic mass is 127. The van der Waals surface area contributed by atoms with Crippen LogP contribution in [-0.4, -0.2) is 19.5 Å². The van der Waals surface area contributed by atoms with E-state index in [9.17, 15) is 0 Å². The van der Waals surface area contributed by atoms with E-state index in [1.165, 1.54) is 0 Å². The molecule has 4 nitrogen and oxygen atoms in total. The van der Waals surface area contributed by atoms with Gasteiger partial charge >= 0.3 is 0 Å². The van der Waals surface area contributed by atoms with E-state index in [0.29, 0.717) is 22.0 Å². The molecule has 2 rings (SSSR count). The van der Waals surface area contributed by atoms with Crippen LogP contribution in [0.1, 0.15) is 25.5 Å². The van der Waals surface area contributed by atoms with Crippen LogP contribution in [0, 0.1) is 3.57 Å². The number of hydrogen-bond acceptors (Lipinski definition) is 3. The highest BCUT2D eigenvalue weighted by Crippen LogP contribution is 2.28. The molecule has 0 unspecified atom stereocenters. The van der Waals surface area contributed by atoms with Crippen LogP contribution in [0.2, 0.25) is 10.3 Å². The smallest absolute Gasteiger partial charge is 0.197 e. The minimum absolute atomic E-state index is 0.270. The molecule has 2 heterocycles. The summed E-state index contributed by atoms with van der Waals surface area (Å²) >= 11 is 14.3. The van der Waals surface area contributed by atoms with Gasteiger partial charge in [-0.25, -0.2) is 15.0 Å². The molecule has 0 bridgehead atoms. The first-order chi connectivity index (χ1) is 8.41. The van der Waals surface area contributed by atoms with E-state index in [0.717, 1.165) is 9.26 Å². The Morgan fingerprint density at radius 3 is 2.44 bits per heavy atom. The van der Waals surface area contributed by atoms with Gasteiger partial charge in [0.1, 0.15) is 10.3 Å². The topological polar surface area (TPSA) is 43.6 Å². The maximum absolute atomic E-state index is 6.14. The van der Waals surface area contributed by atoms with Crippen molar-refractivity contribution in [3.63, 3.8) is 0 Å². The standard InChI is InChI=1S/C11H11Cl2IN4/c1-5(2)8-7(14)9(13)17-10(16-8)11-15-4-6(12)18(11)3/h4-5H,1-3H3. The van der Waals surface area contributed by atoms with Crippen LogP contribution >= 0.6 is 45.8 Å². The molecule has 0 fully saturated rings. The van der Waals surface area contributed by atoms with E-state index in [2.05, 4.69) is 51.4 Å². The van der Waals surface area contributed by atoms with Crippen LogP contribution in [0.4, 0.5) is 0 Å². The SMILES string of the molecule is CC(C)c1nc(-c2ncc(Cl)n2C)nc(Cl)c1I. The first kappa shape index (κ1) is 14.0. The van der Waals surface area contributed by atoms with Crippen LogP contribution in [0.3, 0.4) is 0 Å². The molecule has 0 aliphatic rings. The summed E-state index contributed by atoms with van der Waals surface area (Å²) in [6.07, 6.45) is 1.57. The van der Waals surface area contributed by atoms with Gasteiger partial charge in [-0.1, -0.05) is 37.0 Å². The molecule has 2 aromatic rings. The van der Waals surface area contributed by atoms with E-state index in [1.807, 2.05) is 7.05 Å². The van der Waals surface area contributed by atoms with Crippen LogP contribution in [0.5, 0.6) is 0 Å². The third-order valence-corrected chi connectivity index (χ3v) is 4.52. The molecule has 0 atom stereocenters. The second-order valence-electron chi connectivity index (χ2n) is 4.16. The third kappa shape index (κ3) is 2.48.